The van der Waals surface area contributed by atoms with Crippen LogP contribution >= 0.6 is 0 Å². The smallest absolute Gasteiger partial charge is 0.385 e. The van der Waals surface area contributed by atoms with Crippen molar-refractivity contribution in [3.8, 4) is 0 Å². The predicted molar refractivity (Wildman–Crippen MR) is 137 cm³/mol. The van der Waals surface area contributed by atoms with Crippen molar-refractivity contribution in [1.29, 1.82) is 0 Å². The van der Waals surface area contributed by atoms with E-state index in [9.17, 15) is 27.6 Å². The van der Waals surface area contributed by atoms with Crippen molar-refractivity contribution in [2.24, 2.45) is 0 Å². The van der Waals surface area contributed by atoms with Gasteiger partial charge in [-0.25, -0.2) is 4.79 Å². The molecule has 0 radical (unpaired) electrons. The van der Waals surface area contributed by atoms with Gasteiger partial charge in [-0.2, -0.15) is 13.2 Å². The van der Waals surface area contributed by atoms with E-state index in [1.54, 1.807) is 14.0 Å². The van der Waals surface area contributed by atoms with Gasteiger partial charge in [0.2, 0.25) is 5.91 Å². The highest BCUT2D eigenvalue weighted by molar-refractivity contribution is 6.03. The Kier molecular flexibility index (Phi) is 8.59. The monoisotopic (exact) mass is 544 g/mol. The fraction of sp³-hybridized carbons (Fsp3) is 0.393. The average molecular weight is 545 g/mol. The highest BCUT2D eigenvalue weighted by Gasteiger charge is 2.48. The Labute approximate surface area is 224 Å². The first-order valence-corrected chi connectivity index (χ1v) is 12.8. The molecule has 0 fully saturated rings. The zero-order valence-electron chi connectivity index (χ0n) is 21.8. The Morgan fingerprint density at radius 1 is 1.13 bits per heavy atom. The Hall–Kier alpha value is -3.86. The summed E-state index contributed by atoms with van der Waals surface area (Å²) >= 11 is 0. The van der Waals surface area contributed by atoms with E-state index in [0.29, 0.717) is 25.3 Å². The number of nitrogens with one attached hydrogen (secondary N) is 2. The Morgan fingerprint density at radius 2 is 1.82 bits per heavy atom. The molecular weight excluding hydrogens is 513 g/mol. The van der Waals surface area contributed by atoms with E-state index in [2.05, 4.69) is 10.6 Å². The van der Waals surface area contributed by atoms with Gasteiger partial charge in [0.05, 0.1) is 29.4 Å². The fourth-order valence-electron chi connectivity index (χ4n) is 5.07. The number of halogens is 3. The van der Waals surface area contributed by atoms with Gasteiger partial charge in [0.1, 0.15) is 6.04 Å². The molecule has 11 heteroatoms. The quantitative estimate of drug-likeness (QED) is 0.447. The third-order valence-corrected chi connectivity index (χ3v) is 6.92. The van der Waals surface area contributed by atoms with Crippen LogP contribution in [0.5, 0.6) is 0 Å². The summed E-state index contributed by atoms with van der Waals surface area (Å²) in [4.78, 5) is 43.1. The number of hydrogen-bond donors (Lipinski definition) is 2. The maximum atomic E-state index is 14.0. The minimum atomic E-state index is -4.69. The van der Waals surface area contributed by atoms with Crippen molar-refractivity contribution in [2.75, 3.05) is 33.4 Å². The van der Waals surface area contributed by atoms with E-state index in [4.69, 9.17) is 4.74 Å². The number of carbonyl (C=O) groups excluding carboxylic acids is 3. The van der Waals surface area contributed by atoms with Crippen LogP contribution in [-0.4, -0.2) is 67.0 Å². The van der Waals surface area contributed by atoms with Crippen LogP contribution < -0.4 is 10.6 Å². The van der Waals surface area contributed by atoms with Crippen LogP contribution in [-0.2, 0) is 26.9 Å². The van der Waals surface area contributed by atoms with Gasteiger partial charge >= 0.3 is 12.2 Å². The molecule has 0 aromatic heterocycles. The minimum absolute atomic E-state index is 0.0402. The van der Waals surface area contributed by atoms with Crippen LogP contribution in [0.4, 0.5) is 18.0 Å². The highest BCUT2D eigenvalue weighted by atomic mass is 19.4. The first-order valence-electron chi connectivity index (χ1n) is 12.8. The summed E-state index contributed by atoms with van der Waals surface area (Å²) < 4.78 is 46.8. The number of ether oxygens (including phenoxy) is 1. The van der Waals surface area contributed by atoms with Gasteiger partial charge in [0.25, 0.3) is 5.91 Å². The largest absolute Gasteiger partial charge is 0.416 e. The molecule has 0 aliphatic carbocycles. The first kappa shape index (κ1) is 28.2. The number of urea groups is 1. The van der Waals surface area contributed by atoms with Crippen molar-refractivity contribution >= 4 is 17.8 Å². The number of carbonyl (C=O) groups is 3. The average Bonchev–Trinajstić information content (AvgIpc) is 3.25. The van der Waals surface area contributed by atoms with Crippen LogP contribution in [0.15, 0.2) is 65.9 Å². The molecule has 2 N–H and O–H groups in total. The summed E-state index contributed by atoms with van der Waals surface area (Å²) in [7, 11) is 1.56. The Balaban J connectivity index is 1.72. The molecule has 2 aromatic carbocycles. The third kappa shape index (κ3) is 5.93. The molecule has 2 heterocycles. The second-order valence-corrected chi connectivity index (χ2v) is 9.35. The standard InChI is InChI=1S/C28H31F3N4O4/c1-3-34-22-17-35(21(16-18-10-5-4-6-11-18)25(36)32-14-9-15-39-2)26(37)23(22)24(33-27(34)38)19-12-7-8-13-20(19)28(29,30)31/h4-8,10-13,21,24H,3,9,14-17H2,1-2H3,(H,32,36)(H,33,38). The summed E-state index contributed by atoms with van der Waals surface area (Å²) in [6, 6.07) is 11.2. The molecule has 0 saturated carbocycles. The summed E-state index contributed by atoms with van der Waals surface area (Å²) in [5.41, 5.74) is 0.0000890. The van der Waals surface area contributed by atoms with E-state index < -0.39 is 41.7 Å². The lowest BCUT2D eigenvalue weighted by atomic mass is 9.91. The van der Waals surface area contributed by atoms with Crippen molar-refractivity contribution in [3.05, 3.63) is 82.6 Å². The van der Waals surface area contributed by atoms with Crippen molar-refractivity contribution in [1.82, 2.24) is 20.4 Å². The molecule has 4 rings (SSSR count). The second-order valence-electron chi connectivity index (χ2n) is 9.35. The molecule has 0 bridgehead atoms. The van der Waals surface area contributed by atoms with E-state index in [-0.39, 0.29) is 30.6 Å². The van der Waals surface area contributed by atoms with Crippen LogP contribution in [0, 0.1) is 0 Å². The van der Waals surface area contributed by atoms with Crippen LogP contribution in [0.2, 0.25) is 0 Å². The number of methoxy groups -OCH3 is 1. The van der Waals surface area contributed by atoms with Crippen molar-refractivity contribution in [3.63, 3.8) is 0 Å². The summed E-state index contributed by atoms with van der Waals surface area (Å²) in [5.74, 6) is -0.976. The van der Waals surface area contributed by atoms with Gasteiger partial charge in [0.15, 0.2) is 0 Å². The molecule has 2 aliphatic heterocycles. The molecule has 208 valence electrons. The number of hydrogen-bond acceptors (Lipinski definition) is 4. The SMILES string of the molecule is CCN1C(=O)NC(c2ccccc2C(F)(F)F)C2=C1CN(C(Cc1ccccc1)C(=O)NCCCOC)C2=O. The van der Waals surface area contributed by atoms with Crippen LogP contribution in [0.25, 0.3) is 0 Å². The maximum absolute atomic E-state index is 14.0. The molecule has 2 atom stereocenters. The lowest BCUT2D eigenvalue weighted by Gasteiger charge is -2.33. The lowest BCUT2D eigenvalue weighted by Crippen LogP contribution is -2.50. The van der Waals surface area contributed by atoms with Gasteiger partial charge in [-0.15, -0.1) is 0 Å². The van der Waals surface area contributed by atoms with E-state index in [1.165, 1.54) is 28.0 Å². The van der Waals surface area contributed by atoms with Gasteiger partial charge in [-0.1, -0.05) is 48.5 Å². The van der Waals surface area contributed by atoms with Gasteiger partial charge in [0, 0.05) is 33.2 Å². The molecular formula is C28H31F3N4O4. The normalized spacial score (nSPS) is 18.2. The number of likely N-dealkylation sites (N-methyl/N-ethyl adjacent to an activating group) is 1. The summed E-state index contributed by atoms with van der Waals surface area (Å²) in [5, 5.41) is 5.45. The van der Waals surface area contributed by atoms with Crippen LogP contribution in [0.1, 0.15) is 36.1 Å². The Bertz CT molecular complexity index is 1250. The third-order valence-electron chi connectivity index (χ3n) is 6.92. The lowest BCUT2D eigenvalue weighted by molar-refractivity contribution is -0.138. The molecule has 2 aromatic rings. The number of benzene rings is 2. The highest BCUT2D eigenvalue weighted by Crippen LogP contribution is 2.42. The second kappa shape index (κ2) is 11.9. The Morgan fingerprint density at radius 3 is 2.49 bits per heavy atom. The number of nitrogens with zero attached hydrogens (tertiary/aromatic N) is 2. The van der Waals surface area contributed by atoms with E-state index in [0.717, 1.165) is 11.6 Å². The molecule has 2 aliphatic rings. The van der Waals surface area contributed by atoms with E-state index >= 15 is 0 Å². The molecule has 8 nitrogen and oxygen atoms in total. The first-order chi connectivity index (χ1) is 18.7. The zero-order valence-corrected chi connectivity index (χ0v) is 21.8. The van der Waals surface area contributed by atoms with Crippen LogP contribution in [0.3, 0.4) is 0 Å². The number of alkyl halides is 3. The summed E-state index contributed by atoms with van der Waals surface area (Å²) in [6.45, 7) is 2.61. The molecule has 0 spiro atoms. The molecule has 4 amide bonds. The van der Waals surface area contributed by atoms with Gasteiger partial charge in [-0.05, 0) is 30.5 Å². The van der Waals surface area contributed by atoms with Gasteiger partial charge in [-0.3, -0.25) is 14.5 Å². The topological polar surface area (TPSA) is 91.0 Å². The maximum Gasteiger partial charge on any atom is 0.416 e. The minimum Gasteiger partial charge on any atom is -0.385 e. The predicted octanol–water partition coefficient (Wildman–Crippen LogP) is 3.65. The number of rotatable bonds is 10. The summed E-state index contributed by atoms with van der Waals surface area (Å²) in [6.07, 6.45) is -3.93. The van der Waals surface area contributed by atoms with Gasteiger partial charge < -0.3 is 20.3 Å². The molecule has 39 heavy (non-hydrogen) atoms. The number of amides is 4. The van der Waals surface area contributed by atoms with Crippen molar-refractivity contribution < 1.29 is 32.3 Å². The zero-order chi connectivity index (χ0) is 28.2. The molecule has 2 unspecified atom stereocenters. The van der Waals surface area contributed by atoms with E-state index in [1.807, 2.05) is 30.3 Å². The fourth-order valence-corrected chi connectivity index (χ4v) is 5.07. The van der Waals surface area contributed by atoms with Crippen molar-refractivity contribution in [2.45, 2.75) is 38.0 Å². The molecule has 0 saturated heterocycles.